The summed E-state index contributed by atoms with van der Waals surface area (Å²) in [5, 5.41) is 23.4. The number of benzene rings is 2. The van der Waals surface area contributed by atoms with Crippen molar-refractivity contribution in [1.29, 1.82) is 0 Å². The van der Waals surface area contributed by atoms with Crippen LogP contribution >= 0.6 is 0 Å². The van der Waals surface area contributed by atoms with Crippen LogP contribution in [0.15, 0.2) is 35.4 Å². The van der Waals surface area contributed by atoms with E-state index in [9.17, 15) is 5.11 Å². The van der Waals surface area contributed by atoms with Gasteiger partial charge in [-0.15, -0.1) is 10.2 Å². The van der Waals surface area contributed by atoms with Gasteiger partial charge in [0.05, 0.1) is 20.4 Å². The van der Waals surface area contributed by atoms with Gasteiger partial charge in [-0.25, -0.2) is 5.43 Å². The van der Waals surface area contributed by atoms with Crippen molar-refractivity contribution in [2.45, 2.75) is 6.92 Å². The number of fused-ring (bicyclic) bond motifs is 3. The third-order valence-electron chi connectivity index (χ3n) is 4.25. The quantitative estimate of drug-likeness (QED) is 0.361. The molecule has 0 saturated carbocycles. The Bertz CT molecular complexity index is 1180. The molecule has 0 atom stereocenters. The topological polar surface area (TPSA) is 118 Å². The fraction of sp³-hybridized carbons (Fsp3) is 0.158. The second-order valence-corrected chi connectivity index (χ2v) is 6.15. The average molecular weight is 378 g/mol. The van der Waals surface area contributed by atoms with Gasteiger partial charge in [-0.3, -0.25) is 0 Å². The Hall–Kier alpha value is -3.88. The molecule has 3 N–H and O–H groups in total. The molecule has 9 heteroatoms. The van der Waals surface area contributed by atoms with Crippen LogP contribution in [0.3, 0.4) is 0 Å². The molecule has 0 spiro atoms. The first-order valence-corrected chi connectivity index (χ1v) is 8.46. The monoisotopic (exact) mass is 378 g/mol. The van der Waals surface area contributed by atoms with Gasteiger partial charge in [0.15, 0.2) is 17.1 Å². The second-order valence-electron chi connectivity index (χ2n) is 6.15. The molecule has 0 radical (unpaired) electrons. The fourth-order valence-corrected chi connectivity index (χ4v) is 2.89. The minimum absolute atomic E-state index is 0.0675. The number of anilines is 1. The molecule has 28 heavy (non-hydrogen) atoms. The minimum atomic E-state index is -0.0675. The highest BCUT2D eigenvalue weighted by Gasteiger charge is 2.11. The molecule has 142 valence electrons. The molecule has 0 aliphatic carbocycles. The number of H-pyrrole nitrogens is 1. The molecule has 9 nitrogen and oxygen atoms in total. The Morgan fingerprint density at radius 3 is 2.57 bits per heavy atom. The van der Waals surface area contributed by atoms with Crippen molar-refractivity contribution >= 4 is 34.2 Å². The van der Waals surface area contributed by atoms with Crippen LogP contribution in [0.1, 0.15) is 11.1 Å². The average Bonchev–Trinajstić information content (AvgIpc) is 3.06. The summed E-state index contributed by atoms with van der Waals surface area (Å²) in [6.07, 6.45) is 1.53. The number of hydrazone groups is 1. The van der Waals surface area contributed by atoms with Crippen LogP contribution < -0.4 is 14.9 Å². The van der Waals surface area contributed by atoms with Gasteiger partial charge >= 0.3 is 0 Å². The highest BCUT2D eigenvalue weighted by atomic mass is 16.5. The Kier molecular flexibility index (Phi) is 4.40. The first kappa shape index (κ1) is 17.5. The lowest BCUT2D eigenvalue weighted by Gasteiger charge is -2.09. The zero-order valence-corrected chi connectivity index (χ0v) is 15.5. The lowest BCUT2D eigenvalue weighted by Crippen LogP contribution is -1.99. The lowest BCUT2D eigenvalue weighted by molar-refractivity contribution is 0.340. The second kappa shape index (κ2) is 7.03. The molecule has 0 bridgehead atoms. The lowest BCUT2D eigenvalue weighted by atomic mass is 10.2. The van der Waals surface area contributed by atoms with E-state index in [2.05, 4.69) is 30.7 Å². The molecule has 0 fully saturated rings. The van der Waals surface area contributed by atoms with Crippen LogP contribution in [0, 0.1) is 6.92 Å². The molecule has 0 unspecified atom stereocenters. The van der Waals surface area contributed by atoms with E-state index >= 15 is 0 Å². The van der Waals surface area contributed by atoms with Gasteiger partial charge in [-0.1, -0.05) is 11.6 Å². The van der Waals surface area contributed by atoms with Gasteiger partial charge in [0.1, 0.15) is 5.52 Å². The van der Waals surface area contributed by atoms with Crippen LogP contribution in [0.25, 0.3) is 22.1 Å². The maximum absolute atomic E-state index is 9.95. The molecular formula is C19H18N6O3. The van der Waals surface area contributed by atoms with Crippen molar-refractivity contribution in [3.8, 4) is 17.2 Å². The predicted molar refractivity (Wildman–Crippen MR) is 106 cm³/mol. The Morgan fingerprint density at radius 2 is 1.86 bits per heavy atom. The summed E-state index contributed by atoms with van der Waals surface area (Å²) in [4.78, 5) is 7.64. The van der Waals surface area contributed by atoms with Gasteiger partial charge in [0, 0.05) is 16.5 Å². The number of ether oxygens (including phenoxy) is 2. The van der Waals surface area contributed by atoms with Crippen LogP contribution in [-0.4, -0.2) is 45.7 Å². The van der Waals surface area contributed by atoms with E-state index in [-0.39, 0.29) is 23.2 Å². The standard InChI is InChI=1S/C19H18N6O3/c1-10-4-5-13-12(6-10)16-18(21-13)22-19(25-23-16)24-20-9-11-7-14(27-2)17(26)15(8-11)28-3/h4-9,26H,1-3H3,(H2,21,22,24,25). The number of aromatic amines is 1. The van der Waals surface area contributed by atoms with E-state index in [1.165, 1.54) is 20.4 Å². The van der Waals surface area contributed by atoms with E-state index in [1.807, 2.05) is 25.1 Å². The third-order valence-corrected chi connectivity index (χ3v) is 4.25. The SMILES string of the molecule is COc1cc(C=NNc2nnc3c(n2)[nH]c2ccc(C)cc23)cc(OC)c1O. The summed E-state index contributed by atoms with van der Waals surface area (Å²) < 4.78 is 10.3. The minimum Gasteiger partial charge on any atom is -0.502 e. The van der Waals surface area contributed by atoms with Crippen molar-refractivity contribution in [3.63, 3.8) is 0 Å². The summed E-state index contributed by atoms with van der Waals surface area (Å²) in [5.41, 5.74) is 6.84. The Labute approximate surface area is 160 Å². The third kappa shape index (κ3) is 3.13. The number of hydrogen-bond donors (Lipinski definition) is 3. The maximum atomic E-state index is 9.95. The number of nitrogens with one attached hydrogen (secondary N) is 2. The van der Waals surface area contributed by atoms with Crippen molar-refractivity contribution in [1.82, 2.24) is 20.2 Å². The van der Waals surface area contributed by atoms with E-state index in [0.29, 0.717) is 16.7 Å². The number of nitrogens with zero attached hydrogens (tertiary/aromatic N) is 4. The number of phenolic OH excluding ortho intramolecular Hbond substituents is 1. The number of aromatic hydroxyl groups is 1. The summed E-state index contributed by atoms with van der Waals surface area (Å²) in [6, 6.07) is 9.32. The van der Waals surface area contributed by atoms with Gasteiger partial charge in [0.2, 0.25) is 5.75 Å². The predicted octanol–water partition coefficient (Wildman–Crippen LogP) is 2.98. The number of hydrogen-bond acceptors (Lipinski definition) is 8. The number of aryl methyl sites for hydroxylation is 1. The molecule has 4 aromatic rings. The van der Waals surface area contributed by atoms with Crippen molar-refractivity contribution in [2.24, 2.45) is 5.10 Å². The van der Waals surface area contributed by atoms with Crippen molar-refractivity contribution < 1.29 is 14.6 Å². The molecule has 0 saturated heterocycles. The van der Waals surface area contributed by atoms with Gasteiger partial charge in [-0.05, 0) is 31.2 Å². The summed E-state index contributed by atoms with van der Waals surface area (Å²) in [5.74, 6) is 0.758. The number of methoxy groups -OCH3 is 2. The summed E-state index contributed by atoms with van der Waals surface area (Å²) in [6.45, 7) is 2.02. The molecule has 2 aromatic heterocycles. The van der Waals surface area contributed by atoms with Gasteiger partial charge in [-0.2, -0.15) is 10.1 Å². The number of rotatable bonds is 5. The number of phenols is 1. The molecule has 0 aliphatic rings. The van der Waals surface area contributed by atoms with Crippen LogP contribution in [0.5, 0.6) is 17.2 Å². The highest BCUT2D eigenvalue weighted by molar-refractivity contribution is 6.03. The van der Waals surface area contributed by atoms with E-state index < -0.39 is 0 Å². The van der Waals surface area contributed by atoms with Gasteiger partial charge < -0.3 is 19.6 Å². The smallest absolute Gasteiger partial charge is 0.265 e. The van der Waals surface area contributed by atoms with Crippen molar-refractivity contribution in [3.05, 3.63) is 41.5 Å². The van der Waals surface area contributed by atoms with E-state index in [0.717, 1.165) is 16.5 Å². The molecule has 2 aromatic carbocycles. The molecule has 0 amide bonds. The normalized spacial score (nSPS) is 11.4. The first-order valence-electron chi connectivity index (χ1n) is 8.46. The Balaban J connectivity index is 1.59. The zero-order valence-electron chi connectivity index (χ0n) is 15.5. The van der Waals surface area contributed by atoms with Crippen LogP contribution in [0.2, 0.25) is 0 Å². The Morgan fingerprint density at radius 1 is 1.11 bits per heavy atom. The summed E-state index contributed by atoms with van der Waals surface area (Å²) >= 11 is 0. The first-order chi connectivity index (χ1) is 13.6. The number of aromatic nitrogens is 4. The molecular weight excluding hydrogens is 360 g/mol. The van der Waals surface area contributed by atoms with E-state index in [1.54, 1.807) is 12.1 Å². The van der Waals surface area contributed by atoms with Crippen LogP contribution in [0.4, 0.5) is 5.95 Å². The molecule has 0 aliphatic heterocycles. The van der Waals surface area contributed by atoms with Crippen molar-refractivity contribution in [2.75, 3.05) is 19.6 Å². The maximum Gasteiger partial charge on any atom is 0.265 e. The van der Waals surface area contributed by atoms with Gasteiger partial charge in [0.25, 0.3) is 5.95 Å². The highest BCUT2D eigenvalue weighted by Crippen LogP contribution is 2.36. The van der Waals surface area contributed by atoms with Crippen LogP contribution in [-0.2, 0) is 0 Å². The summed E-state index contributed by atoms with van der Waals surface area (Å²) in [7, 11) is 2.93. The molecule has 2 heterocycles. The largest absolute Gasteiger partial charge is 0.502 e. The molecule has 4 rings (SSSR count). The van der Waals surface area contributed by atoms with E-state index in [4.69, 9.17) is 9.47 Å². The fourth-order valence-electron chi connectivity index (χ4n) is 2.89. The zero-order chi connectivity index (χ0) is 19.7.